The Bertz CT molecular complexity index is 393. The van der Waals surface area contributed by atoms with Crippen LogP contribution in [0, 0.1) is 0 Å². The molecular formula is C12H14Cl2O3. The van der Waals surface area contributed by atoms with E-state index in [4.69, 9.17) is 28.3 Å². The number of halogens is 2. The number of carboxylic acids is 1. The van der Waals surface area contributed by atoms with Crippen LogP contribution in [0.15, 0.2) is 18.2 Å². The maximum Gasteiger partial charge on any atom is 0.337 e. The number of benzene rings is 1. The van der Waals surface area contributed by atoms with E-state index in [-0.39, 0.29) is 5.88 Å². The fraction of sp³-hybridized carbons (Fsp3) is 0.417. The van der Waals surface area contributed by atoms with Crippen molar-refractivity contribution in [2.24, 2.45) is 0 Å². The Kier molecular flexibility index (Phi) is 5.75. The van der Waals surface area contributed by atoms with Crippen molar-refractivity contribution in [3.63, 3.8) is 0 Å². The number of aliphatic carboxylic acids is 1. The molecular weight excluding hydrogens is 263 g/mol. The largest absolute Gasteiger partial charge is 0.479 e. The SMILES string of the molecule is O=C(O)C(O)c1cc(CCl)cc(CCCCl)c1. The van der Waals surface area contributed by atoms with Crippen molar-refractivity contribution in [1.82, 2.24) is 0 Å². The number of aliphatic hydroxyl groups excluding tert-OH is 1. The first-order valence-electron chi connectivity index (χ1n) is 5.24. The molecule has 1 rings (SSSR count). The highest BCUT2D eigenvalue weighted by Crippen LogP contribution is 2.20. The second kappa shape index (κ2) is 6.84. The summed E-state index contributed by atoms with van der Waals surface area (Å²) in [4.78, 5) is 10.7. The number of rotatable bonds is 6. The van der Waals surface area contributed by atoms with E-state index in [2.05, 4.69) is 0 Å². The van der Waals surface area contributed by atoms with Crippen LogP contribution in [0.1, 0.15) is 29.2 Å². The van der Waals surface area contributed by atoms with Crippen molar-refractivity contribution in [1.29, 1.82) is 0 Å². The number of hydrogen-bond acceptors (Lipinski definition) is 2. The number of alkyl halides is 2. The lowest BCUT2D eigenvalue weighted by atomic mass is 10.00. The quantitative estimate of drug-likeness (QED) is 0.786. The van der Waals surface area contributed by atoms with Crippen LogP contribution in [-0.4, -0.2) is 22.1 Å². The molecule has 0 saturated carbocycles. The summed E-state index contributed by atoms with van der Waals surface area (Å²) in [6.07, 6.45) is 0.0386. The first-order valence-corrected chi connectivity index (χ1v) is 6.31. The number of aryl methyl sites for hydroxylation is 1. The normalized spacial score (nSPS) is 12.4. The van der Waals surface area contributed by atoms with E-state index in [0.717, 1.165) is 24.0 Å². The number of carbonyl (C=O) groups is 1. The maximum absolute atomic E-state index is 10.7. The summed E-state index contributed by atoms with van der Waals surface area (Å²) < 4.78 is 0. The van der Waals surface area contributed by atoms with Gasteiger partial charge in [0.15, 0.2) is 6.10 Å². The van der Waals surface area contributed by atoms with E-state index in [9.17, 15) is 9.90 Å². The van der Waals surface area contributed by atoms with Crippen LogP contribution in [-0.2, 0) is 17.1 Å². The summed E-state index contributed by atoms with van der Waals surface area (Å²) in [6, 6.07) is 5.19. The highest BCUT2D eigenvalue weighted by atomic mass is 35.5. The monoisotopic (exact) mass is 276 g/mol. The van der Waals surface area contributed by atoms with Crippen LogP contribution < -0.4 is 0 Å². The van der Waals surface area contributed by atoms with E-state index in [1.165, 1.54) is 0 Å². The molecule has 5 heteroatoms. The molecule has 3 nitrogen and oxygen atoms in total. The Morgan fingerprint density at radius 1 is 1.24 bits per heavy atom. The van der Waals surface area contributed by atoms with Crippen LogP contribution in [0.5, 0.6) is 0 Å². The highest BCUT2D eigenvalue weighted by molar-refractivity contribution is 6.17. The zero-order valence-electron chi connectivity index (χ0n) is 9.20. The van der Waals surface area contributed by atoms with Gasteiger partial charge in [-0.3, -0.25) is 0 Å². The molecule has 2 N–H and O–H groups in total. The van der Waals surface area contributed by atoms with E-state index in [1.54, 1.807) is 12.1 Å². The van der Waals surface area contributed by atoms with Crippen molar-refractivity contribution < 1.29 is 15.0 Å². The molecule has 0 aromatic heterocycles. The van der Waals surface area contributed by atoms with Gasteiger partial charge in [-0.1, -0.05) is 18.2 Å². The molecule has 0 radical (unpaired) electrons. The number of carboxylic acid groups (broad SMARTS) is 1. The van der Waals surface area contributed by atoms with Crippen LogP contribution in [0.2, 0.25) is 0 Å². The van der Waals surface area contributed by atoms with Gasteiger partial charge in [0.1, 0.15) is 0 Å². The van der Waals surface area contributed by atoms with Gasteiger partial charge in [0.25, 0.3) is 0 Å². The zero-order chi connectivity index (χ0) is 12.8. The second-order valence-corrected chi connectivity index (χ2v) is 4.40. The van der Waals surface area contributed by atoms with E-state index in [1.807, 2.05) is 6.07 Å². The van der Waals surface area contributed by atoms with Crippen molar-refractivity contribution in [2.45, 2.75) is 24.8 Å². The molecule has 0 aliphatic carbocycles. The molecule has 1 unspecified atom stereocenters. The van der Waals surface area contributed by atoms with Crippen molar-refractivity contribution >= 4 is 29.2 Å². The minimum atomic E-state index is -1.51. The lowest BCUT2D eigenvalue weighted by molar-refractivity contribution is -0.146. The van der Waals surface area contributed by atoms with Gasteiger partial charge in [-0.05, 0) is 29.5 Å². The van der Waals surface area contributed by atoms with Crippen LogP contribution in [0.4, 0.5) is 0 Å². The Morgan fingerprint density at radius 2 is 1.88 bits per heavy atom. The van der Waals surface area contributed by atoms with Crippen molar-refractivity contribution in [3.05, 3.63) is 34.9 Å². The number of hydrogen-bond donors (Lipinski definition) is 2. The van der Waals surface area contributed by atoms with Crippen molar-refractivity contribution in [3.8, 4) is 0 Å². The standard InChI is InChI=1S/C12H14Cl2O3/c13-3-1-2-8-4-9(7-14)6-10(5-8)11(15)12(16)17/h4-6,11,15H,1-3,7H2,(H,16,17). The Hall–Kier alpha value is -0.770. The highest BCUT2D eigenvalue weighted by Gasteiger charge is 2.16. The van der Waals surface area contributed by atoms with Crippen molar-refractivity contribution in [2.75, 3.05) is 5.88 Å². The molecule has 0 fully saturated rings. The minimum absolute atomic E-state index is 0.286. The van der Waals surface area contributed by atoms with Gasteiger partial charge < -0.3 is 10.2 Å². The van der Waals surface area contributed by atoms with E-state index >= 15 is 0 Å². The molecule has 0 amide bonds. The minimum Gasteiger partial charge on any atom is -0.479 e. The molecule has 0 aliphatic heterocycles. The lowest BCUT2D eigenvalue weighted by Gasteiger charge is -2.10. The molecule has 0 bridgehead atoms. The topological polar surface area (TPSA) is 57.5 Å². The average Bonchev–Trinajstić information content (AvgIpc) is 2.34. The first kappa shape index (κ1) is 14.3. The number of aliphatic hydroxyl groups is 1. The second-order valence-electron chi connectivity index (χ2n) is 3.75. The van der Waals surface area contributed by atoms with E-state index in [0.29, 0.717) is 11.4 Å². The molecule has 94 valence electrons. The Labute approximate surface area is 110 Å². The predicted molar refractivity (Wildman–Crippen MR) is 67.6 cm³/mol. The summed E-state index contributed by atoms with van der Waals surface area (Å²) in [5.41, 5.74) is 2.10. The summed E-state index contributed by atoms with van der Waals surface area (Å²) in [6.45, 7) is 0. The molecule has 0 saturated heterocycles. The van der Waals surface area contributed by atoms with E-state index < -0.39 is 12.1 Å². The molecule has 0 spiro atoms. The first-order chi connectivity index (χ1) is 8.08. The fourth-order valence-corrected chi connectivity index (χ4v) is 1.87. The third kappa shape index (κ3) is 4.19. The van der Waals surface area contributed by atoms with Gasteiger partial charge >= 0.3 is 5.97 Å². The van der Waals surface area contributed by atoms with Crippen LogP contribution in [0.25, 0.3) is 0 Å². The smallest absolute Gasteiger partial charge is 0.337 e. The predicted octanol–water partition coefficient (Wildman–Crippen LogP) is 2.71. The molecule has 1 atom stereocenters. The Balaban J connectivity index is 3.00. The van der Waals surface area contributed by atoms with Crippen LogP contribution >= 0.6 is 23.2 Å². The van der Waals surface area contributed by atoms with Gasteiger partial charge in [0.05, 0.1) is 0 Å². The fourth-order valence-electron chi connectivity index (χ4n) is 1.58. The van der Waals surface area contributed by atoms with Crippen LogP contribution in [0.3, 0.4) is 0 Å². The molecule has 1 aromatic rings. The van der Waals surface area contributed by atoms with Gasteiger partial charge in [-0.25, -0.2) is 4.79 Å². The van der Waals surface area contributed by atoms with Gasteiger partial charge in [0, 0.05) is 11.8 Å². The van der Waals surface area contributed by atoms with Gasteiger partial charge in [-0.15, -0.1) is 23.2 Å². The third-order valence-electron chi connectivity index (χ3n) is 2.38. The van der Waals surface area contributed by atoms with Gasteiger partial charge in [0.2, 0.25) is 0 Å². The summed E-state index contributed by atoms with van der Waals surface area (Å²) in [5.74, 6) is -0.435. The molecule has 0 aliphatic rings. The molecule has 17 heavy (non-hydrogen) atoms. The molecule has 1 aromatic carbocycles. The zero-order valence-corrected chi connectivity index (χ0v) is 10.7. The third-order valence-corrected chi connectivity index (χ3v) is 2.95. The summed E-state index contributed by atoms with van der Waals surface area (Å²) >= 11 is 11.3. The Morgan fingerprint density at radius 3 is 2.41 bits per heavy atom. The average molecular weight is 277 g/mol. The maximum atomic E-state index is 10.7. The molecule has 0 heterocycles. The summed E-state index contributed by atoms with van der Waals surface area (Å²) in [7, 11) is 0. The lowest BCUT2D eigenvalue weighted by Crippen LogP contribution is -2.11. The summed E-state index contributed by atoms with van der Waals surface area (Å²) in [5, 5.41) is 18.3. The van der Waals surface area contributed by atoms with Gasteiger partial charge in [-0.2, -0.15) is 0 Å².